The van der Waals surface area contributed by atoms with Crippen molar-refractivity contribution in [1.29, 1.82) is 0 Å². The standard InChI is InChI=1S/C12H7N3O4S/c16-14(17)12-6-4-9(20-12)3-1-8-2-5-11-10(7-8)13-19-15(11)18/h1-7H/b3-1+. The summed E-state index contributed by atoms with van der Waals surface area (Å²) >= 11 is 1.09. The van der Waals surface area contributed by atoms with Gasteiger partial charge in [0.25, 0.3) is 0 Å². The summed E-state index contributed by atoms with van der Waals surface area (Å²) in [4.78, 5) is 11.3. The van der Waals surface area contributed by atoms with Crippen LogP contribution in [0.4, 0.5) is 5.00 Å². The van der Waals surface area contributed by atoms with Crippen LogP contribution >= 0.6 is 11.3 Å². The van der Waals surface area contributed by atoms with E-state index in [-0.39, 0.29) is 5.00 Å². The van der Waals surface area contributed by atoms with Crippen LogP contribution in [0.1, 0.15) is 10.4 Å². The van der Waals surface area contributed by atoms with Crippen molar-refractivity contribution < 1.29 is 14.5 Å². The van der Waals surface area contributed by atoms with E-state index in [1.807, 2.05) is 0 Å². The minimum Gasteiger partial charge on any atom is -0.359 e. The molecule has 0 bridgehead atoms. The molecule has 0 aliphatic rings. The van der Waals surface area contributed by atoms with E-state index >= 15 is 0 Å². The van der Waals surface area contributed by atoms with Gasteiger partial charge in [-0.1, -0.05) is 23.5 Å². The molecule has 100 valence electrons. The van der Waals surface area contributed by atoms with Gasteiger partial charge in [-0.3, -0.25) is 14.7 Å². The molecular weight excluding hydrogens is 282 g/mol. The molecule has 2 aromatic heterocycles. The second-order valence-electron chi connectivity index (χ2n) is 3.94. The van der Waals surface area contributed by atoms with Crippen molar-refractivity contribution in [3.8, 4) is 0 Å². The Labute approximate surface area is 116 Å². The lowest BCUT2D eigenvalue weighted by Crippen LogP contribution is -2.22. The van der Waals surface area contributed by atoms with E-state index in [1.54, 1.807) is 36.4 Å². The van der Waals surface area contributed by atoms with Gasteiger partial charge < -0.3 is 5.21 Å². The fraction of sp³-hybridized carbons (Fsp3) is 0. The van der Waals surface area contributed by atoms with Crippen LogP contribution in [0.2, 0.25) is 0 Å². The Morgan fingerprint density at radius 2 is 2.15 bits per heavy atom. The van der Waals surface area contributed by atoms with Crippen LogP contribution in [-0.2, 0) is 0 Å². The molecular formula is C12H7N3O4S. The first-order valence-corrected chi connectivity index (χ1v) is 6.37. The summed E-state index contributed by atoms with van der Waals surface area (Å²) in [6.07, 6.45) is 3.56. The molecule has 2 heterocycles. The van der Waals surface area contributed by atoms with Gasteiger partial charge in [0.15, 0.2) is 0 Å². The lowest BCUT2D eigenvalue weighted by molar-refractivity contribution is -0.782. The first-order valence-electron chi connectivity index (χ1n) is 5.55. The van der Waals surface area contributed by atoms with E-state index < -0.39 is 4.92 Å². The number of benzene rings is 1. The summed E-state index contributed by atoms with van der Waals surface area (Å²) in [6, 6.07) is 8.19. The number of thiophene rings is 1. The molecule has 7 nitrogen and oxygen atoms in total. The fourth-order valence-electron chi connectivity index (χ4n) is 1.70. The molecule has 3 aromatic rings. The number of hydrogen-bond acceptors (Lipinski definition) is 6. The lowest BCUT2D eigenvalue weighted by atomic mass is 10.2. The van der Waals surface area contributed by atoms with Crippen LogP contribution in [0.15, 0.2) is 35.0 Å². The van der Waals surface area contributed by atoms with Crippen molar-refractivity contribution in [1.82, 2.24) is 5.16 Å². The van der Waals surface area contributed by atoms with Crippen LogP contribution < -0.4 is 4.90 Å². The lowest BCUT2D eigenvalue weighted by Gasteiger charge is -1.90. The van der Waals surface area contributed by atoms with Crippen LogP contribution in [0.25, 0.3) is 23.2 Å². The molecule has 0 saturated heterocycles. The normalized spacial score (nSPS) is 11.4. The second kappa shape index (κ2) is 4.74. The highest BCUT2D eigenvalue weighted by atomic mass is 32.1. The number of rotatable bonds is 3. The Bertz CT molecular complexity index is 821. The molecule has 8 heteroatoms. The Balaban J connectivity index is 1.87. The van der Waals surface area contributed by atoms with Crippen LogP contribution in [0.5, 0.6) is 0 Å². The first kappa shape index (κ1) is 12.3. The van der Waals surface area contributed by atoms with Crippen molar-refractivity contribution in [3.05, 3.63) is 56.1 Å². The molecule has 0 saturated carbocycles. The van der Waals surface area contributed by atoms with E-state index in [9.17, 15) is 15.3 Å². The SMILES string of the molecule is O=[N+]([O-])c1ccc(/C=C/c2ccc3c(c2)no[n+]3[O-])s1. The Morgan fingerprint density at radius 1 is 1.30 bits per heavy atom. The number of nitro groups is 1. The zero-order valence-corrected chi connectivity index (χ0v) is 10.7. The first-order chi connectivity index (χ1) is 9.63. The van der Waals surface area contributed by atoms with Gasteiger partial charge >= 0.3 is 5.00 Å². The molecule has 0 spiro atoms. The summed E-state index contributed by atoms with van der Waals surface area (Å²) in [5.74, 6) is 0. The van der Waals surface area contributed by atoms with E-state index in [0.717, 1.165) is 21.8 Å². The second-order valence-corrected chi connectivity index (χ2v) is 5.04. The molecule has 0 N–H and O–H groups in total. The maximum atomic E-state index is 11.1. The average molecular weight is 289 g/mol. The average Bonchev–Trinajstić information content (AvgIpc) is 3.04. The molecule has 0 fully saturated rings. The maximum Gasteiger partial charge on any atom is 0.324 e. The van der Waals surface area contributed by atoms with E-state index in [0.29, 0.717) is 15.9 Å². The van der Waals surface area contributed by atoms with Crippen molar-refractivity contribution in [3.63, 3.8) is 0 Å². The maximum absolute atomic E-state index is 11.1. The zero-order chi connectivity index (χ0) is 14.1. The minimum absolute atomic E-state index is 0.101. The van der Waals surface area contributed by atoms with E-state index in [2.05, 4.69) is 9.79 Å². The summed E-state index contributed by atoms with van der Waals surface area (Å²) in [6.45, 7) is 0. The molecule has 1 aromatic carbocycles. The molecule has 20 heavy (non-hydrogen) atoms. The smallest absolute Gasteiger partial charge is 0.324 e. The molecule has 0 aliphatic carbocycles. The number of hydrogen-bond donors (Lipinski definition) is 0. The quantitative estimate of drug-likeness (QED) is 0.419. The van der Waals surface area contributed by atoms with Crippen LogP contribution in [0, 0.1) is 15.3 Å². The largest absolute Gasteiger partial charge is 0.359 e. The van der Waals surface area contributed by atoms with E-state index in [1.165, 1.54) is 6.07 Å². The van der Waals surface area contributed by atoms with Crippen LogP contribution in [0.3, 0.4) is 0 Å². The Morgan fingerprint density at radius 3 is 2.90 bits per heavy atom. The van der Waals surface area contributed by atoms with Crippen molar-refractivity contribution in [2.24, 2.45) is 0 Å². The Kier molecular flexibility index (Phi) is 2.92. The molecule has 0 radical (unpaired) electrons. The topological polar surface area (TPSA) is 96.1 Å². The van der Waals surface area contributed by atoms with Crippen molar-refractivity contribution in [2.45, 2.75) is 0 Å². The van der Waals surface area contributed by atoms with Gasteiger partial charge in [0.1, 0.15) is 0 Å². The highest BCUT2D eigenvalue weighted by Gasteiger charge is 2.09. The number of fused-ring (bicyclic) bond motifs is 1. The molecule has 0 unspecified atom stereocenters. The van der Waals surface area contributed by atoms with Gasteiger partial charge in [0.05, 0.1) is 4.92 Å². The third-order valence-electron chi connectivity index (χ3n) is 2.64. The van der Waals surface area contributed by atoms with Gasteiger partial charge in [-0.2, -0.15) is 0 Å². The molecule has 0 aliphatic heterocycles. The predicted molar refractivity (Wildman–Crippen MR) is 72.9 cm³/mol. The summed E-state index contributed by atoms with van der Waals surface area (Å²) in [5, 5.41) is 25.4. The number of aromatic nitrogens is 2. The summed E-state index contributed by atoms with van der Waals surface area (Å²) in [5.41, 5.74) is 1.63. The molecule has 3 rings (SSSR count). The van der Waals surface area contributed by atoms with Crippen molar-refractivity contribution in [2.75, 3.05) is 0 Å². The van der Waals surface area contributed by atoms with Gasteiger partial charge in [0, 0.05) is 22.2 Å². The summed E-state index contributed by atoms with van der Waals surface area (Å²) in [7, 11) is 0. The minimum atomic E-state index is -0.420. The van der Waals surface area contributed by atoms with Gasteiger partial charge in [-0.05, 0) is 28.7 Å². The van der Waals surface area contributed by atoms with E-state index in [4.69, 9.17) is 0 Å². The third-order valence-corrected chi connectivity index (χ3v) is 3.64. The number of nitrogens with zero attached hydrogens (tertiary/aromatic N) is 3. The van der Waals surface area contributed by atoms with Gasteiger partial charge in [-0.25, -0.2) is 0 Å². The third kappa shape index (κ3) is 2.24. The summed E-state index contributed by atoms with van der Waals surface area (Å²) < 4.78 is 4.48. The predicted octanol–water partition coefficient (Wildman–Crippen LogP) is 2.60. The Hall–Kier alpha value is -2.74. The fourth-order valence-corrected chi connectivity index (χ4v) is 2.43. The van der Waals surface area contributed by atoms with Crippen LogP contribution in [-0.4, -0.2) is 10.1 Å². The highest BCUT2D eigenvalue weighted by molar-refractivity contribution is 7.16. The monoisotopic (exact) mass is 289 g/mol. The van der Waals surface area contributed by atoms with Gasteiger partial charge in [-0.15, -0.1) is 0 Å². The molecule has 0 atom stereocenters. The van der Waals surface area contributed by atoms with Gasteiger partial charge in [0.2, 0.25) is 11.0 Å². The highest BCUT2D eigenvalue weighted by Crippen LogP contribution is 2.25. The molecule has 0 amide bonds. The zero-order valence-electron chi connectivity index (χ0n) is 9.92. The van der Waals surface area contributed by atoms with Crippen molar-refractivity contribution >= 4 is 39.5 Å².